The average molecular weight is 336 g/mol. The van der Waals surface area contributed by atoms with E-state index in [2.05, 4.69) is 24.9 Å². The largest absolute Gasteiger partial charge is 0.507 e. The zero-order chi connectivity index (χ0) is 17.6. The highest BCUT2D eigenvalue weighted by Gasteiger charge is 2.40. The molecule has 0 aromatic heterocycles. The van der Waals surface area contributed by atoms with Crippen LogP contribution in [0.25, 0.3) is 0 Å². The van der Waals surface area contributed by atoms with Crippen LogP contribution in [0.4, 0.5) is 0 Å². The Hall–Kier alpha value is -2.49. The third-order valence-electron chi connectivity index (χ3n) is 4.91. The van der Waals surface area contributed by atoms with Crippen LogP contribution < -0.4 is 4.74 Å². The highest BCUT2D eigenvalue weighted by atomic mass is 16.5. The molecular formula is C21H24N2O2. The summed E-state index contributed by atoms with van der Waals surface area (Å²) < 4.78 is 6.25. The van der Waals surface area contributed by atoms with Gasteiger partial charge in [-0.25, -0.2) is 0 Å². The number of phenolic OH excluding ortho intramolecular Hbond substituents is 1. The van der Waals surface area contributed by atoms with Crippen molar-refractivity contribution in [1.82, 2.24) is 5.01 Å². The number of para-hydroxylation sites is 1. The van der Waals surface area contributed by atoms with Gasteiger partial charge in [0.1, 0.15) is 11.5 Å². The molecule has 0 radical (unpaired) electrons. The van der Waals surface area contributed by atoms with Gasteiger partial charge in [-0.2, -0.15) is 5.10 Å². The number of hydrogen-bond donors (Lipinski definition) is 1. The van der Waals surface area contributed by atoms with Crippen LogP contribution in [0, 0.1) is 12.8 Å². The number of aromatic hydroxyl groups is 1. The maximum absolute atomic E-state index is 10.3. The molecular weight excluding hydrogens is 312 g/mol. The molecule has 0 bridgehead atoms. The topological polar surface area (TPSA) is 45.1 Å². The summed E-state index contributed by atoms with van der Waals surface area (Å²) in [5, 5.41) is 17.3. The molecule has 1 N–H and O–H groups in total. The molecule has 2 aromatic carbocycles. The summed E-state index contributed by atoms with van der Waals surface area (Å²) in [6.07, 6.45) is 1.64. The fraction of sp³-hybridized carbons (Fsp3) is 0.381. The van der Waals surface area contributed by atoms with E-state index in [0.717, 1.165) is 35.4 Å². The Morgan fingerprint density at radius 1 is 1.24 bits per heavy atom. The van der Waals surface area contributed by atoms with Crippen molar-refractivity contribution in [2.45, 2.75) is 45.9 Å². The Bertz CT molecular complexity index is 828. The van der Waals surface area contributed by atoms with Gasteiger partial charge in [0.2, 0.25) is 0 Å². The molecule has 0 spiro atoms. The quantitative estimate of drug-likeness (QED) is 0.890. The molecule has 4 heteroatoms. The highest BCUT2D eigenvalue weighted by Crippen LogP contribution is 2.44. The minimum atomic E-state index is -0.0654. The van der Waals surface area contributed by atoms with E-state index in [0.29, 0.717) is 11.7 Å². The van der Waals surface area contributed by atoms with E-state index in [-0.39, 0.29) is 12.3 Å². The number of hydrazone groups is 1. The average Bonchev–Trinajstić information content (AvgIpc) is 3.02. The molecule has 2 atom stereocenters. The third kappa shape index (κ3) is 2.86. The Morgan fingerprint density at radius 2 is 2.04 bits per heavy atom. The van der Waals surface area contributed by atoms with Crippen LogP contribution in [0.2, 0.25) is 0 Å². The van der Waals surface area contributed by atoms with E-state index in [1.54, 1.807) is 6.07 Å². The number of benzene rings is 2. The van der Waals surface area contributed by atoms with Crippen molar-refractivity contribution in [2.75, 3.05) is 0 Å². The van der Waals surface area contributed by atoms with Crippen LogP contribution in [0.3, 0.4) is 0 Å². The Balaban J connectivity index is 1.75. The maximum atomic E-state index is 10.3. The van der Waals surface area contributed by atoms with Crippen molar-refractivity contribution in [3.8, 4) is 11.5 Å². The lowest BCUT2D eigenvalue weighted by Crippen LogP contribution is -2.41. The fourth-order valence-electron chi connectivity index (χ4n) is 3.71. The van der Waals surface area contributed by atoms with E-state index in [1.165, 1.54) is 5.56 Å². The number of nitrogens with zero attached hydrogens (tertiary/aromatic N) is 2. The predicted molar refractivity (Wildman–Crippen MR) is 98.9 cm³/mol. The van der Waals surface area contributed by atoms with Crippen molar-refractivity contribution >= 4 is 5.71 Å². The van der Waals surface area contributed by atoms with E-state index in [1.807, 2.05) is 37.3 Å². The summed E-state index contributed by atoms with van der Waals surface area (Å²) in [7, 11) is 0. The van der Waals surface area contributed by atoms with Crippen molar-refractivity contribution in [3.63, 3.8) is 0 Å². The van der Waals surface area contributed by atoms with Crippen LogP contribution in [0.15, 0.2) is 47.6 Å². The van der Waals surface area contributed by atoms with Gasteiger partial charge < -0.3 is 9.84 Å². The minimum Gasteiger partial charge on any atom is -0.507 e. The summed E-state index contributed by atoms with van der Waals surface area (Å²) in [6.45, 7) is 6.43. The number of hydrogen-bond acceptors (Lipinski definition) is 4. The molecule has 2 aromatic rings. The van der Waals surface area contributed by atoms with Gasteiger partial charge in [0, 0.05) is 24.0 Å². The van der Waals surface area contributed by atoms with E-state index in [9.17, 15) is 5.11 Å². The molecule has 25 heavy (non-hydrogen) atoms. The lowest BCUT2D eigenvalue weighted by Gasteiger charge is -2.38. The lowest BCUT2D eigenvalue weighted by molar-refractivity contribution is -0.0291. The molecule has 2 heterocycles. The molecule has 2 aliphatic heterocycles. The molecule has 130 valence electrons. The molecule has 0 aliphatic carbocycles. The van der Waals surface area contributed by atoms with Gasteiger partial charge in [0.05, 0.1) is 11.8 Å². The van der Waals surface area contributed by atoms with E-state index in [4.69, 9.17) is 9.84 Å². The first-order chi connectivity index (χ1) is 12.0. The first-order valence-electron chi connectivity index (χ1n) is 8.94. The van der Waals surface area contributed by atoms with Gasteiger partial charge in [-0.1, -0.05) is 43.7 Å². The Morgan fingerprint density at radius 3 is 2.84 bits per heavy atom. The van der Waals surface area contributed by atoms with Gasteiger partial charge in [0.25, 0.3) is 0 Å². The normalized spacial score (nSPS) is 21.6. The maximum Gasteiger partial charge on any atom is 0.188 e. The monoisotopic (exact) mass is 336 g/mol. The van der Waals surface area contributed by atoms with Gasteiger partial charge >= 0.3 is 0 Å². The summed E-state index contributed by atoms with van der Waals surface area (Å²) in [4.78, 5) is 0. The molecule has 0 amide bonds. The van der Waals surface area contributed by atoms with Crippen molar-refractivity contribution in [3.05, 3.63) is 59.2 Å². The first kappa shape index (κ1) is 16.0. The zero-order valence-corrected chi connectivity index (χ0v) is 14.9. The molecule has 4 rings (SSSR count). The van der Waals surface area contributed by atoms with Crippen molar-refractivity contribution in [1.29, 1.82) is 0 Å². The third-order valence-corrected chi connectivity index (χ3v) is 4.91. The van der Waals surface area contributed by atoms with Gasteiger partial charge in [-0.05, 0) is 31.0 Å². The second-order valence-electron chi connectivity index (χ2n) is 7.41. The number of fused-ring (bicyclic) bond motifs is 3. The minimum absolute atomic E-state index is 0.0654. The van der Waals surface area contributed by atoms with E-state index < -0.39 is 0 Å². The second kappa shape index (κ2) is 6.10. The molecule has 2 aliphatic rings. The summed E-state index contributed by atoms with van der Waals surface area (Å²) >= 11 is 0. The van der Waals surface area contributed by atoms with Crippen LogP contribution in [-0.2, 0) is 0 Å². The van der Waals surface area contributed by atoms with Gasteiger partial charge in [-0.15, -0.1) is 0 Å². The number of rotatable bonds is 3. The van der Waals surface area contributed by atoms with Crippen molar-refractivity contribution in [2.24, 2.45) is 11.0 Å². The Labute approximate surface area is 148 Å². The van der Waals surface area contributed by atoms with Crippen LogP contribution >= 0.6 is 0 Å². The number of aryl methyl sites for hydroxylation is 1. The smallest absolute Gasteiger partial charge is 0.188 e. The molecule has 0 fully saturated rings. The lowest BCUT2D eigenvalue weighted by atomic mass is 9.95. The zero-order valence-electron chi connectivity index (χ0n) is 14.9. The van der Waals surface area contributed by atoms with Crippen LogP contribution in [0.5, 0.6) is 11.5 Å². The summed E-state index contributed by atoms with van der Waals surface area (Å²) in [5.74, 6) is 1.76. The van der Waals surface area contributed by atoms with Gasteiger partial charge in [0.15, 0.2) is 6.23 Å². The molecule has 0 saturated carbocycles. The molecule has 4 nitrogen and oxygen atoms in total. The highest BCUT2D eigenvalue weighted by molar-refractivity contribution is 6.04. The second-order valence-corrected chi connectivity index (χ2v) is 7.41. The van der Waals surface area contributed by atoms with Crippen molar-refractivity contribution < 1.29 is 9.84 Å². The fourth-order valence-corrected chi connectivity index (χ4v) is 3.71. The SMILES string of the molecule is Cc1ccc(O)c(C2=NN3C(CC(C)C)Oc4ccccc4C3C2)c1. The first-order valence-corrected chi connectivity index (χ1v) is 8.94. The summed E-state index contributed by atoms with van der Waals surface area (Å²) in [6, 6.07) is 14.1. The number of ether oxygens (including phenoxy) is 1. The standard InChI is InChI=1S/C21H24N2O2/c1-13(2)10-21-23-18(15-6-4-5-7-20(15)25-21)12-17(22-23)16-11-14(3)8-9-19(16)24/h4-9,11,13,18,21,24H,10,12H2,1-3H3. The Kier molecular flexibility index (Phi) is 3.91. The molecule has 0 saturated heterocycles. The summed E-state index contributed by atoms with van der Waals surface area (Å²) in [5.41, 5.74) is 4.06. The van der Waals surface area contributed by atoms with Gasteiger partial charge in [-0.3, -0.25) is 5.01 Å². The predicted octanol–water partition coefficient (Wildman–Crippen LogP) is 4.62. The van der Waals surface area contributed by atoms with E-state index >= 15 is 0 Å². The molecule has 2 unspecified atom stereocenters. The van der Waals surface area contributed by atoms with Crippen LogP contribution in [-0.4, -0.2) is 22.1 Å². The number of phenols is 1. The van der Waals surface area contributed by atoms with Crippen LogP contribution in [0.1, 0.15) is 49.4 Å².